The average Bonchev–Trinajstić information content (AvgIpc) is 2.76. The van der Waals surface area contributed by atoms with Gasteiger partial charge < -0.3 is 9.47 Å². The van der Waals surface area contributed by atoms with E-state index in [0.717, 1.165) is 36.4 Å². The van der Waals surface area contributed by atoms with Crippen LogP contribution in [0.2, 0.25) is 0 Å². The van der Waals surface area contributed by atoms with Crippen LogP contribution in [0.25, 0.3) is 11.1 Å². The molecule has 5 nitrogen and oxygen atoms in total. The van der Waals surface area contributed by atoms with Crippen molar-refractivity contribution in [1.29, 1.82) is 0 Å². The number of hydrogen-bond acceptors (Lipinski definition) is 4. The SMILES string of the molecule is COc1ccc(F)cc1-c1ccc(C(NS(=O)(=O)c2ccccc2OC(F)(F)F)C(F)(F)F)cc1. The summed E-state index contributed by atoms with van der Waals surface area (Å²) in [6.07, 6.45) is -10.4. The summed E-state index contributed by atoms with van der Waals surface area (Å²) in [4.78, 5) is -1.13. The van der Waals surface area contributed by atoms with E-state index >= 15 is 0 Å². The topological polar surface area (TPSA) is 64.6 Å². The highest BCUT2D eigenvalue weighted by atomic mass is 32.2. The molecule has 3 aromatic rings. The smallest absolute Gasteiger partial charge is 0.496 e. The molecule has 0 aromatic heterocycles. The van der Waals surface area contributed by atoms with E-state index in [4.69, 9.17) is 4.74 Å². The van der Waals surface area contributed by atoms with Gasteiger partial charge in [0.25, 0.3) is 0 Å². The molecule has 0 saturated heterocycles. The van der Waals surface area contributed by atoms with Crippen LogP contribution in [-0.4, -0.2) is 28.1 Å². The first-order chi connectivity index (χ1) is 16.2. The fraction of sp³-hybridized carbons (Fsp3) is 0.182. The molecule has 35 heavy (non-hydrogen) atoms. The molecule has 1 unspecified atom stereocenters. The van der Waals surface area contributed by atoms with Crippen molar-refractivity contribution in [2.75, 3.05) is 7.11 Å². The second kappa shape index (κ2) is 9.74. The number of halogens is 7. The van der Waals surface area contributed by atoms with Crippen LogP contribution in [0, 0.1) is 5.82 Å². The van der Waals surface area contributed by atoms with Gasteiger partial charge in [0.2, 0.25) is 10.0 Å². The number of para-hydroxylation sites is 1. The summed E-state index contributed by atoms with van der Waals surface area (Å²) in [6, 6.07) is 8.45. The zero-order valence-corrected chi connectivity index (χ0v) is 18.4. The fourth-order valence-electron chi connectivity index (χ4n) is 3.18. The van der Waals surface area contributed by atoms with Crippen molar-refractivity contribution >= 4 is 10.0 Å². The monoisotopic (exact) mass is 523 g/mol. The first-order valence-electron chi connectivity index (χ1n) is 9.59. The van der Waals surface area contributed by atoms with Gasteiger partial charge in [-0.3, -0.25) is 0 Å². The van der Waals surface area contributed by atoms with E-state index in [1.54, 1.807) is 0 Å². The van der Waals surface area contributed by atoms with Gasteiger partial charge in [-0.25, -0.2) is 12.8 Å². The Morgan fingerprint density at radius 1 is 0.857 bits per heavy atom. The Labute approximate surface area is 195 Å². The van der Waals surface area contributed by atoms with E-state index in [0.29, 0.717) is 12.1 Å². The summed E-state index contributed by atoms with van der Waals surface area (Å²) in [5.41, 5.74) is -0.0476. The van der Waals surface area contributed by atoms with Crippen molar-refractivity contribution in [3.63, 3.8) is 0 Å². The minimum Gasteiger partial charge on any atom is -0.496 e. The van der Waals surface area contributed by atoms with Crippen LogP contribution in [0.5, 0.6) is 11.5 Å². The van der Waals surface area contributed by atoms with Crippen LogP contribution in [0.3, 0.4) is 0 Å². The molecule has 0 saturated carbocycles. The van der Waals surface area contributed by atoms with Gasteiger partial charge in [-0.05, 0) is 41.5 Å². The van der Waals surface area contributed by atoms with Crippen LogP contribution in [0.4, 0.5) is 30.7 Å². The average molecular weight is 523 g/mol. The number of sulfonamides is 1. The van der Waals surface area contributed by atoms with Gasteiger partial charge >= 0.3 is 12.5 Å². The molecule has 0 aliphatic heterocycles. The first kappa shape index (κ1) is 26.3. The lowest BCUT2D eigenvalue weighted by molar-refractivity contribution is -0.275. The van der Waals surface area contributed by atoms with E-state index < -0.39 is 50.6 Å². The summed E-state index contributed by atoms with van der Waals surface area (Å²) >= 11 is 0. The van der Waals surface area contributed by atoms with Crippen LogP contribution in [-0.2, 0) is 10.0 Å². The molecular weight excluding hydrogens is 507 g/mol. The van der Waals surface area contributed by atoms with E-state index in [1.807, 2.05) is 0 Å². The maximum Gasteiger partial charge on any atom is 0.573 e. The van der Waals surface area contributed by atoms with Crippen molar-refractivity contribution in [1.82, 2.24) is 4.72 Å². The number of rotatable bonds is 7. The third-order valence-corrected chi connectivity index (χ3v) is 6.14. The normalized spacial score (nSPS) is 13.4. The number of nitrogens with one attached hydrogen (secondary N) is 1. The summed E-state index contributed by atoms with van der Waals surface area (Å²) in [6.45, 7) is 0. The molecule has 0 spiro atoms. The summed E-state index contributed by atoms with van der Waals surface area (Å²) < 4.78 is 128. The highest BCUT2D eigenvalue weighted by molar-refractivity contribution is 7.89. The molecule has 0 aliphatic rings. The quantitative estimate of drug-likeness (QED) is 0.387. The summed E-state index contributed by atoms with van der Waals surface area (Å²) in [5, 5.41) is 0. The van der Waals surface area contributed by atoms with Gasteiger partial charge in [-0.2, -0.15) is 17.9 Å². The van der Waals surface area contributed by atoms with Gasteiger partial charge in [0, 0.05) is 5.56 Å². The molecule has 0 radical (unpaired) electrons. The zero-order valence-electron chi connectivity index (χ0n) is 17.6. The molecule has 1 atom stereocenters. The second-order valence-electron chi connectivity index (χ2n) is 7.06. The van der Waals surface area contributed by atoms with Crippen LogP contribution >= 0.6 is 0 Å². The van der Waals surface area contributed by atoms with Crippen LogP contribution in [0.15, 0.2) is 71.6 Å². The van der Waals surface area contributed by atoms with Gasteiger partial charge in [-0.1, -0.05) is 36.4 Å². The fourth-order valence-corrected chi connectivity index (χ4v) is 4.52. The molecule has 0 heterocycles. The Morgan fingerprint density at radius 3 is 2.06 bits per heavy atom. The molecule has 0 aliphatic carbocycles. The van der Waals surface area contributed by atoms with Crippen molar-refractivity contribution in [2.24, 2.45) is 0 Å². The molecule has 13 heteroatoms. The zero-order chi connectivity index (χ0) is 26.0. The third-order valence-electron chi connectivity index (χ3n) is 4.68. The molecule has 0 fully saturated rings. The number of hydrogen-bond donors (Lipinski definition) is 1. The Balaban J connectivity index is 1.98. The largest absolute Gasteiger partial charge is 0.573 e. The first-order valence-corrected chi connectivity index (χ1v) is 11.1. The Hall–Kier alpha value is -3.32. The lowest BCUT2D eigenvalue weighted by Gasteiger charge is -2.23. The standard InChI is InChI=1S/C22H16F7NO4S/c1-33-17-11-10-15(23)12-16(17)13-6-8-14(9-7-13)20(21(24,25)26)30-35(31,32)19-5-3-2-4-18(19)34-22(27,28)29/h2-12,20,30H,1H3. The summed E-state index contributed by atoms with van der Waals surface area (Å²) in [5.74, 6) is -1.57. The van der Waals surface area contributed by atoms with E-state index in [2.05, 4.69) is 4.74 Å². The van der Waals surface area contributed by atoms with Crippen molar-refractivity contribution < 1.29 is 48.6 Å². The molecule has 0 bridgehead atoms. The van der Waals surface area contributed by atoms with Crippen molar-refractivity contribution in [3.05, 3.63) is 78.1 Å². The number of ether oxygens (including phenoxy) is 2. The number of alkyl halides is 6. The number of methoxy groups -OCH3 is 1. The second-order valence-corrected chi connectivity index (χ2v) is 8.74. The van der Waals surface area contributed by atoms with Gasteiger partial charge in [0.05, 0.1) is 7.11 Å². The highest BCUT2D eigenvalue weighted by Gasteiger charge is 2.44. The summed E-state index contributed by atoms with van der Waals surface area (Å²) in [7, 11) is -3.82. The van der Waals surface area contributed by atoms with Crippen LogP contribution in [0.1, 0.15) is 11.6 Å². The van der Waals surface area contributed by atoms with Gasteiger partial charge in [0.15, 0.2) is 0 Å². The van der Waals surface area contributed by atoms with Crippen molar-refractivity contribution in [3.8, 4) is 22.6 Å². The van der Waals surface area contributed by atoms with Gasteiger partial charge in [0.1, 0.15) is 28.3 Å². The lowest BCUT2D eigenvalue weighted by Crippen LogP contribution is -2.38. The Bertz CT molecular complexity index is 1290. The van der Waals surface area contributed by atoms with E-state index in [9.17, 15) is 39.2 Å². The third kappa shape index (κ3) is 6.42. The number of benzene rings is 3. The highest BCUT2D eigenvalue weighted by Crippen LogP contribution is 2.38. The maximum absolute atomic E-state index is 13.8. The molecule has 0 amide bonds. The predicted octanol–water partition coefficient (Wildman–Crippen LogP) is 5.98. The molecule has 188 valence electrons. The van der Waals surface area contributed by atoms with E-state index in [1.165, 1.54) is 30.0 Å². The lowest BCUT2D eigenvalue weighted by atomic mass is 10.00. The van der Waals surface area contributed by atoms with Crippen molar-refractivity contribution in [2.45, 2.75) is 23.5 Å². The molecule has 1 N–H and O–H groups in total. The molecule has 3 rings (SSSR count). The van der Waals surface area contributed by atoms with Crippen LogP contribution < -0.4 is 14.2 Å². The predicted molar refractivity (Wildman–Crippen MR) is 111 cm³/mol. The Morgan fingerprint density at radius 2 is 1.49 bits per heavy atom. The minimum absolute atomic E-state index is 0.237. The molecule has 3 aromatic carbocycles. The Kier molecular flexibility index (Phi) is 7.31. The minimum atomic E-state index is -5.27. The van der Waals surface area contributed by atoms with Gasteiger partial charge in [-0.15, -0.1) is 13.2 Å². The van der Waals surface area contributed by atoms with E-state index in [-0.39, 0.29) is 16.9 Å². The maximum atomic E-state index is 13.8. The molecular formula is C22H16F7NO4S.